The minimum absolute atomic E-state index is 0.182. The number of amides is 1. The molecule has 1 aromatic heterocycles. The van der Waals surface area contributed by atoms with Crippen LogP contribution in [0.2, 0.25) is 5.15 Å². The highest BCUT2D eigenvalue weighted by Gasteiger charge is 2.30. The van der Waals surface area contributed by atoms with E-state index in [1.165, 1.54) is 12.1 Å². The molecule has 0 saturated carbocycles. The van der Waals surface area contributed by atoms with Crippen LogP contribution in [0.3, 0.4) is 0 Å². The second-order valence-electron chi connectivity index (χ2n) is 7.88. The number of aromatic nitrogens is 2. The fourth-order valence-corrected chi connectivity index (χ4v) is 4.14. The summed E-state index contributed by atoms with van der Waals surface area (Å²) in [6.45, 7) is 4.57. The molecule has 1 N–H and O–H groups in total. The number of likely N-dealkylation sites (tertiary alicyclic amines) is 1. The number of anilines is 1. The minimum Gasteiger partial charge on any atom is -0.326 e. The molecule has 30 heavy (non-hydrogen) atoms. The second kappa shape index (κ2) is 9.39. The summed E-state index contributed by atoms with van der Waals surface area (Å²) in [5.74, 6) is 0.214. The third kappa shape index (κ3) is 5.76. The molecule has 0 spiro atoms. The lowest BCUT2D eigenvalue weighted by molar-refractivity contribution is -0.137. The molecular weight excluding hydrogens is 417 g/mol. The van der Waals surface area contributed by atoms with Gasteiger partial charge in [0.25, 0.3) is 0 Å². The van der Waals surface area contributed by atoms with Gasteiger partial charge in [-0.25, -0.2) is 0 Å². The first-order chi connectivity index (χ1) is 14.1. The van der Waals surface area contributed by atoms with Crippen molar-refractivity contribution in [2.24, 2.45) is 13.0 Å². The van der Waals surface area contributed by atoms with Gasteiger partial charge in [-0.05, 0) is 62.9 Å². The zero-order valence-corrected chi connectivity index (χ0v) is 17.9. The van der Waals surface area contributed by atoms with E-state index in [9.17, 15) is 18.0 Å². The number of nitrogens with one attached hydrogen (secondary N) is 1. The van der Waals surface area contributed by atoms with Crippen molar-refractivity contribution >= 4 is 23.2 Å². The van der Waals surface area contributed by atoms with E-state index in [-0.39, 0.29) is 5.91 Å². The van der Waals surface area contributed by atoms with Crippen molar-refractivity contribution in [2.75, 3.05) is 18.4 Å². The summed E-state index contributed by atoms with van der Waals surface area (Å²) in [6.07, 6.45) is -1.19. The summed E-state index contributed by atoms with van der Waals surface area (Å²) < 4.78 is 39.5. The summed E-state index contributed by atoms with van der Waals surface area (Å²) in [5.41, 5.74) is 1.62. The largest absolute Gasteiger partial charge is 0.416 e. The van der Waals surface area contributed by atoms with Crippen molar-refractivity contribution in [1.29, 1.82) is 0 Å². The van der Waals surface area contributed by atoms with Crippen molar-refractivity contribution < 1.29 is 18.0 Å². The molecule has 1 fully saturated rings. The predicted molar refractivity (Wildman–Crippen MR) is 110 cm³/mol. The zero-order valence-electron chi connectivity index (χ0n) is 17.1. The van der Waals surface area contributed by atoms with Gasteiger partial charge in [-0.15, -0.1) is 0 Å². The van der Waals surface area contributed by atoms with Gasteiger partial charge < -0.3 is 5.32 Å². The molecule has 3 rings (SSSR count). The maximum absolute atomic E-state index is 12.6. The number of carbonyl (C=O) groups is 1. The minimum atomic E-state index is -4.38. The number of piperidine rings is 1. The standard InChI is InChI=1S/C21H26ClF3N4O/c1-14-18(20(22)28(2)27-14)13-29-11-3-4-15(12-29)5-10-19(30)26-17-8-6-16(7-9-17)21(23,24)25/h6-9,15H,3-5,10-13H2,1-2H3,(H,26,30)/t15-/m0/s1. The van der Waals surface area contributed by atoms with Crippen molar-refractivity contribution in [3.05, 3.63) is 46.2 Å². The summed E-state index contributed by atoms with van der Waals surface area (Å²) >= 11 is 6.34. The van der Waals surface area contributed by atoms with Crippen molar-refractivity contribution in [1.82, 2.24) is 14.7 Å². The summed E-state index contributed by atoms with van der Waals surface area (Å²) in [7, 11) is 1.83. The van der Waals surface area contributed by atoms with Gasteiger partial charge in [-0.1, -0.05) is 11.6 Å². The van der Waals surface area contributed by atoms with Gasteiger partial charge in [-0.3, -0.25) is 14.4 Å². The van der Waals surface area contributed by atoms with Crippen LogP contribution in [0.1, 0.15) is 42.5 Å². The highest BCUT2D eigenvalue weighted by Crippen LogP contribution is 2.30. The smallest absolute Gasteiger partial charge is 0.326 e. The number of halogens is 4. The van der Waals surface area contributed by atoms with Crippen LogP contribution in [-0.4, -0.2) is 33.7 Å². The summed E-state index contributed by atoms with van der Waals surface area (Å²) in [4.78, 5) is 14.6. The molecule has 2 heterocycles. The molecule has 0 bridgehead atoms. The Labute approximate surface area is 179 Å². The lowest BCUT2D eigenvalue weighted by Crippen LogP contribution is -2.35. The Hall–Kier alpha value is -2.06. The number of rotatable bonds is 6. The van der Waals surface area contributed by atoms with Crippen molar-refractivity contribution in [2.45, 2.75) is 45.3 Å². The molecule has 1 atom stereocenters. The fourth-order valence-electron chi connectivity index (χ4n) is 3.91. The summed E-state index contributed by atoms with van der Waals surface area (Å²) in [5, 5.41) is 7.69. The van der Waals surface area contributed by atoms with Crippen LogP contribution in [0.25, 0.3) is 0 Å². The number of hydrogen-bond acceptors (Lipinski definition) is 3. The highest BCUT2D eigenvalue weighted by molar-refractivity contribution is 6.30. The topological polar surface area (TPSA) is 50.2 Å². The summed E-state index contributed by atoms with van der Waals surface area (Å²) in [6, 6.07) is 4.51. The van der Waals surface area contributed by atoms with E-state index in [0.29, 0.717) is 23.2 Å². The van der Waals surface area contributed by atoms with E-state index >= 15 is 0 Å². The molecule has 1 aliphatic rings. The molecule has 164 valence electrons. The second-order valence-corrected chi connectivity index (χ2v) is 8.24. The Bertz CT molecular complexity index is 880. The van der Waals surface area contributed by atoms with E-state index in [0.717, 1.165) is 62.3 Å². The molecule has 9 heteroatoms. The van der Waals surface area contributed by atoms with Crippen LogP contribution in [0.5, 0.6) is 0 Å². The Morgan fingerprint density at radius 3 is 2.60 bits per heavy atom. The van der Waals surface area contributed by atoms with Crippen molar-refractivity contribution in [3.63, 3.8) is 0 Å². The highest BCUT2D eigenvalue weighted by atomic mass is 35.5. The molecule has 1 amide bonds. The molecule has 2 aromatic rings. The Balaban J connectivity index is 1.47. The lowest BCUT2D eigenvalue weighted by Gasteiger charge is -2.32. The number of aryl methyl sites for hydroxylation is 2. The third-order valence-electron chi connectivity index (χ3n) is 5.53. The molecule has 0 aliphatic carbocycles. The van der Waals surface area contributed by atoms with E-state index < -0.39 is 11.7 Å². The van der Waals surface area contributed by atoms with Crippen LogP contribution in [0.4, 0.5) is 18.9 Å². The number of benzene rings is 1. The Kier molecular flexibility index (Phi) is 7.08. The predicted octanol–water partition coefficient (Wildman–Crippen LogP) is 5.03. The molecule has 0 radical (unpaired) electrons. The van der Waals surface area contributed by atoms with Crippen LogP contribution in [0, 0.1) is 12.8 Å². The average Bonchev–Trinajstić information content (AvgIpc) is 2.92. The number of hydrogen-bond donors (Lipinski definition) is 1. The van der Waals surface area contributed by atoms with Gasteiger partial charge in [0, 0.05) is 37.8 Å². The van der Waals surface area contributed by atoms with Gasteiger partial charge in [0.2, 0.25) is 5.91 Å². The molecule has 0 unspecified atom stereocenters. The molecule has 1 saturated heterocycles. The zero-order chi connectivity index (χ0) is 21.9. The first kappa shape index (κ1) is 22.6. The third-order valence-corrected chi connectivity index (χ3v) is 6.00. The van der Waals surface area contributed by atoms with Crippen LogP contribution in [-0.2, 0) is 24.6 Å². The van der Waals surface area contributed by atoms with Crippen LogP contribution in [0.15, 0.2) is 24.3 Å². The quantitative estimate of drug-likeness (QED) is 0.682. The maximum atomic E-state index is 12.6. The normalized spacial score (nSPS) is 17.9. The van der Waals surface area contributed by atoms with E-state index in [2.05, 4.69) is 15.3 Å². The van der Waals surface area contributed by atoms with Gasteiger partial charge in [0.05, 0.1) is 11.3 Å². The average molecular weight is 443 g/mol. The molecule has 5 nitrogen and oxygen atoms in total. The monoisotopic (exact) mass is 442 g/mol. The van der Waals surface area contributed by atoms with Crippen LogP contribution >= 0.6 is 11.6 Å². The van der Waals surface area contributed by atoms with Gasteiger partial charge in [0.1, 0.15) is 5.15 Å². The van der Waals surface area contributed by atoms with Crippen molar-refractivity contribution in [3.8, 4) is 0 Å². The van der Waals surface area contributed by atoms with E-state index in [1.54, 1.807) is 4.68 Å². The van der Waals surface area contributed by atoms with E-state index in [4.69, 9.17) is 11.6 Å². The molecule has 1 aromatic carbocycles. The first-order valence-electron chi connectivity index (χ1n) is 10.0. The molecule has 1 aliphatic heterocycles. The SMILES string of the molecule is Cc1nn(C)c(Cl)c1CN1CCC[C@@H](CCC(=O)Nc2ccc(C(F)(F)F)cc2)C1. The number of alkyl halides is 3. The molecular formula is C21H26ClF3N4O. The Morgan fingerprint density at radius 2 is 2.00 bits per heavy atom. The van der Waals surface area contributed by atoms with E-state index in [1.807, 2.05) is 14.0 Å². The van der Waals surface area contributed by atoms with Gasteiger partial charge >= 0.3 is 6.18 Å². The first-order valence-corrected chi connectivity index (χ1v) is 10.4. The number of nitrogens with zero attached hydrogens (tertiary/aromatic N) is 3. The lowest BCUT2D eigenvalue weighted by atomic mass is 9.93. The van der Waals surface area contributed by atoms with Gasteiger partial charge in [-0.2, -0.15) is 18.3 Å². The van der Waals surface area contributed by atoms with Gasteiger partial charge in [0.15, 0.2) is 0 Å². The van der Waals surface area contributed by atoms with Crippen LogP contribution < -0.4 is 5.32 Å². The number of carbonyl (C=O) groups excluding carboxylic acids is 1. The Morgan fingerprint density at radius 1 is 1.30 bits per heavy atom. The maximum Gasteiger partial charge on any atom is 0.416 e. The fraction of sp³-hybridized carbons (Fsp3) is 0.524.